The van der Waals surface area contributed by atoms with E-state index in [1.165, 1.54) is 28.8 Å². The van der Waals surface area contributed by atoms with Crippen LogP contribution in [0.5, 0.6) is 0 Å². The van der Waals surface area contributed by atoms with Crippen molar-refractivity contribution < 1.29 is 14.4 Å². The van der Waals surface area contributed by atoms with Crippen LogP contribution >= 0.6 is 0 Å². The fourth-order valence-electron chi connectivity index (χ4n) is 2.69. The van der Waals surface area contributed by atoms with Crippen LogP contribution in [-0.4, -0.2) is 34.3 Å². The molecule has 8 heteroatoms. The highest BCUT2D eigenvalue weighted by atomic mass is 16.6. The van der Waals surface area contributed by atoms with E-state index < -0.39 is 4.92 Å². The number of nitro benzene ring substituents is 1. The molecule has 27 heavy (non-hydrogen) atoms. The third-order valence-corrected chi connectivity index (χ3v) is 3.97. The number of non-ortho nitro benzene ring substituents is 1. The molecule has 0 saturated carbocycles. The predicted octanol–water partition coefficient (Wildman–Crippen LogP) is 2.85. The molecule has 0 N–H and O–H groups in total. The SMILES string of the molecule is CCOCCOCc1nc2ccccc2c(=O)n1-c1ccc([N+](=O)[O-])cc1. The van der Waals surface area contributed by atoms with E-state index in [0.29, 0.717) is 42.2 Å². The van der Waals surface area contributed by atoms with Crippen LogP contribution < -0.4 is 5.56 Å². The van der Waals surface area contributed by atoms with E-state index in [9.17, 15) is 14.9 Å². The molecule has 0 spiro atoms. The minimum Gasteiger partial charge on any atom is -0.379 e. The van der Waals surface area contributed by atoms with E-state index in [0.717, 1.165) is 0 Å². The molecule has 1 aromatic heterocycles. The Hall–Kier alpha value is -3.10. The van der Waals surface area contributed by atoms with Gasteiger partial charge in [0.05, 0.1) is 34.7 Å². The largest absolute Gasteiger partial charge is 0.379 e. The fourth-order valence-corrected chi connectivity index (χ4v) is 2.69. The number of aromatic nitrogens is 2. The van der Waals surface area contributed by atoms with Gasteiger partial charge in [-0.25, -0.2) is 4.98 Å². The van der Waals surface area contributed by atoms with Crippen LogP contribution in [-0.2, 0) is 16.1 Å². The molecule has 0 atom stereocenters. The normalized spacial score (nSPS) is 11.0. The lowest BCUT2D eigenvalue weighted by atomic mass is 10.2. The highest BCUT2D eigenvalue weighted by molar-refractivity contribution is 5.77. The average molecular weight is 369 g/mol. The van der Waals surface area contributed by atoms with Gasteiger partial charge in [-0.2, -0.15) is 0 Å². The summed E-state index contributed by atoms with van der Waals surface area (Å²) in [6.45, 7) is 3.44. The Balaban J connectivity index is 2.02. The number of ether oxygens (including phenoxy) is 2. The molecule has 0 radical (unpaired) electrons. The predicted molar refractivity (Wildman–Crippen MR) is 100 cm³/mol. The topological polar surface area (TPSA) is 96.5 Å². The van der Waals surface area contributed by atoms with Crippen molar-refractivity contribution in [2.75, 3.05) is 19.8 Å². The Kier molecular flexibility index (Phi) is 5.90. The number of hydrogen-bond acceptors (Lipinski definition) is 6. The summed E-state index contributed by atoms with van der Waals surface area (Å²) in [6.07, 6.45) is 0. The molecule has 3 aromatic rings. The second-order valence-electron chi connectivity index (χ2n) is 5.71. The first-order chi connectivity index (χ1) is 13.1. The monoisotopic (exact) mass is 369 g/mol. The van der Waals surface area contributed by atoms with Crippen LogP contribution in [0.25, 0.3) is 16.6 Å². The van der Waals surface area contributed by atoms with E-state index in [4.69, 9.17) is 9.47 Å². The maximum absolute atomic E-state index is 13.0. The first kappa shape index (κ1) is 18.7. The maximum atomic E-state index is 13.0. The fraction of sp³-hybridized carbons (Fsp3) is 0.263. The van der Waals surface area contributed by atoms with Crippen molar-refractivity contribution in [3.05, 3.63) is 74.8 Å². The zero-order valence-corrected chi connectivity index (χ0v) is 14.8. The summed E-state index contributed by atoms with van der Waals surface area (Å²) >= 11 is 0. The molecule has 0 amide bonds. The first-order valence-electron chi connectivity index (χ1n) is 8.52. The summed E-state index contributed by atoms with van der Waals surface area (Å²) in [7, 11) is 0. The van der Waals surface area contributed by atoms with Crippen LogP contribution in [0.2, 0.25) is 0 Å². The molecule has 0 fully saturated rings. The Morgan fingerprint density at radius 3 is 2.48 bits per heavy atom. The zero-order valence-electron chi connectivity index (χ0n) is 14.8. The molecule has 140 valence electrons. The van der Waals surface area contributed by atoms with E-state index in [1.807, 2.05) is 13.0 Å². The van der Waals surface area contributed by atoms with Gasteiger partial charge in [-0.3, -0.25) is 19.5 Å². The molecule has 8 nitrogen and oxygen atoms in total. The minimum absolute atomic E-state index is 0.0462. The van der Waals surface area contributed by atoms with E-state index in [2.05, 4.69) is 4.98 Å². The van der Waals surface area contributed by atoms with Crippen LogP contribution in [0.1, 0.15) is 12.7 Å². The van der Waals surface area contributed by atoms with Crippen molar-refractivity contribution in [3.63, 3.8) is 0 Å². The summed E-state index contributed by atoms with van der Waals surface area (Å²) in [4.78, 5) is 28.0. The van der Waals surface area contributed by atoms with Crippen molar-refractivity contribution in [1.82, 2.24) is 9.55 Å². The molecule has 0 bridgehead atoms. The molecule has 2 aromatic carbocycles. The maximum Gasteiger partial charge on any atom is 0.269 e. The number of fused-ring (bicyclic) bond motifs is 1. The van der Waals surface area contributed by atoms with Gasteiger partial charge in [0.25, 0.3) is 11.2 Å². The lowest BCUT2D eigenvalue weighted by Crippen LogP contribution is -2.24. The molecule has 0 unspecified atom stereocenters. The van der Waals surface area contributed by atoms with Gasteiger partial charge in [-0.05, 0) is 31.2 Å². The Labute approximate surface area is 155 Å². The summed E-state index contributed by atoms with van der Waals surface area (Å²) in [6, 6.07) is 12.8. The summed E-state index contributed by atoms with van der Waals surface area (Å²) in [5.41, 5.74) is 0.768. The number of nitrogens with zero attached hydrogens (tertiary/aromatic N) is 3. The van der Waals surface area contributed by atoms with E-state index in [-0.39, 0.29) is 17.9 Å². The van der Waals surface area contributed by atoms with Gasteiger partial charge in [0, 0.05) is 18.7 Å². The third kappa shape index (κ3) is 4.18. The van der Waals surface area contributed by atoms with E-state index in [1.54, 1.807) is 18.2 Å². The summed E-state index contributed by atoms with van der Waals surface area (Å²) < 4.78 is 12.3. The minimum atomic E-state index is -0.483. The van der Waals surface area contributed by atoms with Crippen LogP contribution in [0, 0.1) is 10.1 Å². The molecule has 0 saturated heterocycles. The number of hydrogen-bond donors (Lipinski definition) is 0. The van der Waals surface area contributed by atoms with Gasteiger partial charge in [-0.15, -0.1) is 0 Å². The molecule has 3 rings (SSSR count). The highest BCUT2D eigenvalue weighted by Crippen LogP contribution is 2.17. The van der Waals surface area contributed by atoms with Crippen molar-refractivity contribution in [2.24, 2.45) is 0 Å². The Morgan fingerprint density at radius 2 is 1.78 bits per heavy atom. The van der Waals surface area contributed by atoms with Crippen LogP contribution in [0.4, 0.5) is 5.69 Å². The summed E-state index contributed by atoms with van der Waals surface area (Å²) in [5, 5.41) is 11.3. The number of rotatable bonds is 8. The second kappa shape index (κ2) is 8.52. The van der Waals surface area contributed by atoms with Gasteiger partial charge in [0.2, 0.25) is 0 Å². The average Bonchev–Trinajstić information content (AvgIpc) is 2.68. The van der Waals surface area contributed by atoms with Crippen molar-refractivity contribution >= 4 is 16.6 Å². The Morgan fingerprint density at radius 1 is 1.07 bits per heavy atom. The van der Waals surface area contributed by atoms with Crippen LogP contribution in [0.3, 0.4) is 0 Å². The van der Waals surface area contributed by atoms with E-state index >= 15 is 0 Å². The molecule has 1 heterocycles. The summed E-state index contributed by atoms with van der Waals surface area (Å²) in [5.74, 6) is 0.420. The number of benzene rings is 2. The zero-order chi connectivity index (χ0) is 19.2. The van der Waals surface area contributed by atoms with Crippen LogP contribution in [0.15, 0.2) is 53.3 Å². The number of nitro groups is 1. The van der Waals surface area contributed by atoms with Gasteiger partial charge in [0.15, 0.2) is 0 Å². The lowest BCUT2D eigenvalue weighted by Gasteiger charge is -2.14. The second-order valence-corrected chi connectivity index (χ2v) is 5.71. The van der Waals surface area contributed by atoms with Gasteiger partial charge in [-0.1, -0.05) is 12.1 Å². The van der Waals surface area contributed by atoms with Crippen molar-refractivity contribution in [1.29, 1.82) is 0 Å². The third-order valence-electron chi connectivity index (χ3n) is 3.97. The highest BCUT2D eigenvalue weighted by Gasteiger charge is 2.14. The van der Waals surface area contributed by atoms with Gasteiger partial charge in [0.1, 0.15) is 12.4 Å². The Bertz CT molecular complexity index is 998. The first-order valence-corrected chi connectivity index (χ1v) is 8.52. The standard InChI is InChI=1S/C19H19N3O5/c1-2-26-11-12-27-13-18-20-17-6-4-3-5-16(17)19(23)21(18)14-7-9-15(10-8-14)22(24)25/h3-10H,2,11-13H2,1H3. The van der Waals surface area contributed by atoms with Gasteiger partial charge >= 0.3 is 0 Å². The molecule has 0 aliphatic carbocycles. The molecular weight excluding hydrogens is 350 g/mol. The smallest absolute Gasteiger partial charge is 0.269 e. The number of para-hydroxylation sites is 1. The molecule has 0 aliphatic rings. The quantitative estimate of drug-likeness (QED) is 0.344. The lowest BCUT2D eigenvalue weighted by molar-refractivity contribution is -0.384. The van der Waals surface area contributed by atoms with Crippen molar-refractivity contribution in [3.8, 4) is 5.69 Å². The van der Waals surface area contributed by atoms with Crippen molar-refractivity contribution in [2.45, 2.75) is 13.5 Å². The molecule has 0 aliphatic heterocycles. The van der Waals surface area contributed by atoms with Gasteiger partial charge < -0.3 is 9.47 Å². The molecular formula is C19H19N3O5.